The largest absolute Gasteiger partial charge is 0.497 e. The highest BCUT2D eigenvalue weighted by molar-refractivity contribution is 7.89. The number of amides is 3. The Morgan fingerprint density at radius 2 is 1.80 bits per heavy atom. The number of urea groups is 1. The molecule has 1 aliphatic heterocycles. The number of methoxy groups -OCH3 is 1. The second-order valence-electron chi connectivity index (χ2n) is 12.8. The number of anilines is 2. The maximum Gasteiger partial charge on any atom is 0.323 e. The zero-order valence-electron chi connectivity index (χ0n) is 29.8. The molecule has 0 spiro atoms. The van der Waals surface area contributed by atoms with Gasteiger partial charge in [-0.15, -0.1) is 0 Å². The molecule has 2 aromatic carbocycles. The molecule has 15 heteroatoms. The molecule has 50 heavy (non-hydrogen) atoms. The van der Waals surface area contributed by atoms with Crippen molar-refractivity contribution in [2.75, 3.05) is 51.1 Å². The number of rotatable bonds is 9. The van der Waals surface area contributed by atoms with Gasteiger partial charge < -0.3 is 39.4 Å². The minimum Gasteiger partial charge on any atom is -0.497 e. The minimum atomic E-state index is -3.96. The van der Waals surface area contributed by atoms with Crippen LogP contribution in [0.3, 0.4) is 0 Å². The third-order valence-corrected chi connectivity index (χ3v) is 10.8. The van der Waals surface area contributed by atoms with Crippen molar-refractivity contribution >= 4 is 33.3 Å². The Hall–Kier alpha value is -4.18. The smallest absolute Gasteiger partial charge is 0.323 e. The molecule has 3 aromatic rings. The maximum absolute atomic E-state index is 14.4. The summed E-state index contributed by atoms with van der Waals surface area (Å²) < 4.78 is 51.3. The van der Waals surface area contributed by atoms with Crippen LogP contribution in [0, 0.1) is 19.8 Å². The summed E-state index contributed by atoms with van der Waals surface area (Å²) in [7, 11) is -0.917. The molecule has 4 rings (SSSR count). The van der Waals surface area contributed by atoms with Crippen molar-refractivity contribution in [2.24, 2.45) is 5.92 Å². The van der Waals surface area contributed by atoms with E-state index in [0.717, 1.165) is 6.42 Å². The molecule has 0 fully saturated rings. The molecule has 1 aliphatic rings. The van der Waals surface area contributed by atoms with Crippen LogP contribution in [0.25, 0.3) is 0 Å². The molecule has 14 nitrogen and oxygen atoms in total. The maximum atomic E-state index is 14.4. The van der Waals surface area contributed by atoms with Crippen LogP contribution in [0.2, 0.25) is 0 Å². The number of hydrogen-bond donors (Lipinski definition) is 3. The van der Waals surface area contributed by atoms with Crippen molar-refractivity contribution in [3.05, 3.63) is 59.5 Å². The number of sulfonamides is 1. The fraction of sp³-hybridized carbons (Fsp3) is 0.514. The molecule has 3 amide bonds. The number of aromatic nitrogens is 1. The van der Waals surface area contributed by atoms with E-state index in [1.807, 2.05) is 13.8 Å². The summed E-state index contributed by atoms with van der Waals surface area (Å²) in [6.45, 7) is 8.87. The first-order valence-electron chi connectivity index (χ1n) is 16.7. The number of nitrogens with one attached hydrogen (secondary N) is 2. The summed E-state index contributed by atoms with van der Waals surface area (Å²) in [5.41, 5.74) is 1.38. The molecule has 274 valence electrons. The Kier molecular flexibility index (Phi) is 13.3. The lowest BCUT2D eigenvalue weighted by molar-refractivity contribution is -0.00835. The summed E-state index contributed by atoms with van der Waals surface area (Å²) >= 11 is 0. The summed E-state index contributed by atoms with van der Waals surface area (Å²) in [6, 6.07) is 10.6. The molecule has 4 atom stereocenters. The quantitative estimate of drug-likeness (QED) is 0.272. The van der Waals surface area contributed by atoms with E-state index >= 15 is 0 Å². The van der Waals surface area contributed by atoms with E-state index in [1.54, 1.807) is 70.3 Å². The number of ether oxygens (including phenoxy) is 3. The van der Waals surface area contributed by atoms with E-state index in [1.165, 1.54) is 16.3 Å². The van der Waals surface area contributed by atoms with Crippen molar-refractivity contribution in [1.29, 1.82) is 0 Å². The number of carbonyl (C=O) groups is 2. The van der Waals surface area contributed by atoms with Crippen LogP contribution in [-0.2, 0) is 14.8 Å². The number of likely N-dealkylation sites (N-methyl/N-ethyl adjacent to an activating group) is 1. The SMILES string of the molecule is COc1ccc(NC(=O)Nc2ccc3c(c2)C(=O)N([C@@H](C)CO)C[C@H](C)[C@@H](CN(C)S(=O)(=O)c2c(C)noc2C)OCCCC[C@@H](C)O3)cc1. The van der Waals surface area contributed by atoms with Gasteiger partial charge in [-0.05, 0) is 89.4 Å². The van der Waals surface area contributed by atoms with Gasteiger partial charge in [-0.1, -0.05) is 12.1 Å². The summed E-state index contributed by atoms with van der Waals surface area (Å²) in [5.74, 6) is 0.412. The second-order valence-corrected chi connectivity index (χ2v) is 14.7. The van der Waals surface area contributed by atoms with Gasteiger partial charge in [-0.25, -0.2) is 13.2 Å². The van der Waals surface area contributed by atoms with Gasteiger partial charge in [0.1, 0.15) is 22.1 Å². The molecule has 3 N–H and O–H groups in total. The average Bonchev–Trinajstić information content (AvgIpc) is 3.44. The Morgan fingerprint density at radius 3 is 2.44 bits per heavy atom. The Bertz CT molecular complexity index is 1690. The minimum absolute atomic E-state index is 0.0105. The number of benzene rings is 2. The number of aliphatic hydroxyl groups excluding tert-OH is 1. The van der Waals surface area contributed by atoms with E-state index in [-0.39, 0.29) is 53.6 Å². The summed E-state index contributed by atoms with van der Waals surface area (Å²) in [4.78, 5) is 28.9. The van der Waals surface area contributed by atoms with E-state index in [4.69, 9.17) is 18.7 Å². The van der Waals surface area contributed by atoms with Crippen LogP contribution in [-0.4, -0.2) is 98.5 Å². The van der Waals surface area contributed by atoms with Crippen LogP contribution < -0.4 is 20.1 Å². The molecular formula is C35H49N5O9S. The predicted molar refractivity (Wildman–Crippen MR) is 188 cm³/mol. The second kappa shape index (κ2) is 17.2. The zero-order valence-corrected chi connectivity index (χ0v) is 30.6. The number of aliphatic hydroxyl groups is 1. The van der Waals surface area contributed by atoms with Crippen molar-refractivity contribution in [3.63, 3.8) is 0 Å². The lowest BCUT2D eigenvalue weighted by Gasteiger charge is -2.35. The van der Waals surface area contributed by atoms with E-state index in [2.05, 4.69) is 15.8 Å². The van der Waals surface area contributed by atoms with Gasteiger partial charge in [0.15, 0.2) is 5.76 Å². The van der Waals surface area contributed by atoms with Crippen LogP contribution in [0.15, 0.2) is 51.9 Å². The molecule has 1 aromatic heterocycles. The fourth-order valence-electron chi connectivity index (χ4n) is 5.78. The summed E-state index contributed by atoms with van der Waals surface area (Å²) in [5, 5.41) is 19.6. The number of carbonyl (C=O) groups excluding carboxylic acids is 2. The Balaban J connectivity index is 1.62. The molecular weight excluding hydrogens is 666 g/mol. The topological polar surface area (TPSA) is 173 Å². The van der Waals surface area contributed by atoms with Crippen LogP contribution in [0.4, 0.5) is 16.2 Å². The Morgan fingerprint density at radius 1 is 1.12 bits per heavy atom. The fourth-order valence-corrected chi connectivity index (χ4v) is 7.25. The van der Waals surface area contributed by atoms with Gasteiger partial charge in [0, 0.05) is 44.0 Å². The average molecular weight is 716 g/mol. The van der Waals surface area contributed by atoms with E-state index in [0.29, 0.717) is 42.3 Å². The molecule has 2 heterocycles. The number of hydrogen-bond acceptors (Lipinski definition) is 10. The van der Waals surface area contributed by atoms with Gasteiger partial charge in [-0.2, -0.15) is 4.31 Å². The van der Waals surface area contributed by atoms with Crippen molar-refractivity contribution in [2.45, 2.75) is 77.0 Å². The first kappa shape index (κ1) is 38.6. The number of nitrogens with zero attached hydrogens (tertiary/aromatic N) is 3. The third-order valence-electron chi connectivity index (χ3n) is 8.73. The van der Waals surface area contributed by atoms with Gasteiger partial charge in [0.2, 0.25) is 10.0 Å². The lowest BCUT2D eigenvalue weighted by Crippen LogP contribution is -2.48. The highest BCUT2D eigenvalue weighted by atomic mass is 32.2. The highest BCUT2D eigenvalue weighted by Gasteiger charge is 2.34. The first-order chi connectivity index (χ1) is 23.7. The van der Waals surface area contributed by atoms with Gasteiger partial charge in [0.25, 0.3) is 5.91 Å². The van der Waals surface area contributed by atoms with Gasteiger partial charge >= 0.3 is 6.03 Å². The van der Waals surface area contributed by atoms with Crippen molar-refractivity contribution in [1.82, 2.24) is 14.4 Å². The standard InChI is InChI=1S/C35H49N5O9S/c1-22-19-40(23(2)21-41)34(42)30-18-28(37-35(43)36-27-11-14-29(46-7)15-12-27)13-16-31(30)48-24(3)10-8-9-17-47-32(22)20-39(6)50(44,45)33-25(4)38-49-26(33)5/h11-16,18,22-24,32,41H,8-10,17,19-21H2,1-7H3,(H2,36,37,43)/t22-,23-,24+,32+/m0/s1. The highest BCUT2D eigenvalue weighted by Crippen LogP contribution is 2.29. The van der Waals surface area contributed by atoms with Gasteiger partial charge in [-0.3, -0.25) is 4.79 Å². The lowest BCUT2D eigenvalue weighted by atomic mass is 10.0. The Labute approximate surface area is 294 Å². The molecule has 0 aliphatic carbocycles. The van der Waals surface area contributed by atoms with Crippen LogP contribution in [0.5, 0.6) is 11.5 Å². The van der Waals surface area contributed by atoms with Crippen LogP contribution in [0.1, 0.15) is 61.8 Å². The summed E-state index contributed by atoms with van der Waals surface area (Å²) in [6.07, 6.45) is 1.33. The number of aryl methyl sites for hydroxylation is 2. The molecule has 0 radical (unpaired) electrons. The third kappa shape index (κ3) is 9.53. The normalized spacial score (nSPS) is 20.0. The van der Waals surface area contributed by atoms with E-state index < -0.39 is 34.1 Å². The number of fused-ring (bicyclic) bond motifs is 1. The molecule has 0 saturated carbocycles. The van der Waals surface area contributed by atoms with Crippen molar-refractivity contribution in [3.8, 4) is 11.5 Å². The zero-order chi connectivity index (χ0) is 36.6. The molecule has 0 bridgehead atoms. The van der Waals surface area contributed by atoms with Gasteiger partial charge in [0.05, 0.1) is 37.5 Å². The van der Waals surface area contributed by atoms with Crippen LogP contribution >= 0.6 is 0 Å². The monoisotopic (exact) mass is 715 g/mol. The predicted octanol–water partition coefficient (Wildman–Crippen LogP) is 5.06. The van der Waals surface area contributed by atoms with E-state index in [9.17, 15) is 23.1 Å². The first-order valence-corrected chi connectivity index (χ1v) is 18.1. The molecule has 0 unspecified atom stereocenters. The molecule has 0 saturated heterocycles. The van der Waals surface area contributed by atoms with Crippen molar-refractivity contribution < 1.29 is 41.8 Å².